The van der Waals surface area contributed by atoms with Crippen LogP contribution in [0.15, 0.2) is 15.4 Å². The lowest BCUT2D eigenvalue weighted by molar-refractivity contribution is 0.316. The van der Waals surface area contributed by atoms with E-state index in [4.69, 9.17) is 5.41 Å². The van der Waals surface area contributed by atoms with Crippen LogP contribution in [0, 0.1) is 17.2 Å². The van der Waals surface area contributed by atoms with Gasteiger partial charge in [-0.25, -0.2) is 0 Å². The van der Waals surface area contributed by atoms with Crippen molar-refractivity contribution in [3.05, 3.63) is 0 Å². The third kappa shape index (κ3) is 1.74. The van der Waals surface area contributed by atoms with Crippen molar-refractivity contribution in [1.29, 1.82) is 5.41 Å². The molecule has 0 amide bonds. The molecule has 1 aliphatic carbocycles. The highest BCUT2D eigenvalue weighted by atomic mass is 15.4. The topological polar surface area (TPSA) is 60.9 Å². The van der Waals surface area contributed by atoms with E-state index in [0.29, 0.717) is 5.92 Å². The maximum Gasteiger partial charge on any atom is 0.192 e. The number of hydrogen-bond donors (Lipinski definition) is 1. The minimum Gasteiger partial charge on any atom is -0.280 e. The van der Waals surface area contributed by atoms with Crippen LogP contribution in [0.1, 0.15) is 39.0 Å². The van der Waals surface area contributed by atoms with Gasteiger partial charge in [-0.05, 0) is 36.8 Å². The van der Waals surface area contributed by atoms with Gasteiger partial charge in [0, 0.05) is 5.92 Å². The molecule has 0 aromatic carbocycles. The van der Waals surface area contributed by atoms with E-state index in [1.807, 2.05) is 0 Å². The second-order valence-corrected chi connectivity index (χ2v) is 4.15. The summed E-state index contributed by atoms with van der Waals surface area (Å²) in [5, 5.41) is 18.7. The summed E-state index contributed by atoms with van der Waals surface area (Å²) in [6.45, 7) is 2.25. The maximum absolute atomic E-state index is 7.55. The van der Waals surface area contributed by atoms with Crippen LogP contribution in [0.4, 0.5) is 0 Å². The van der Waals surface area contributed by atoms with Crippen LogP contribution < -0.4 is 0 Å². The van der Waals surface area contributed by atoms with E-state index in [9.17, 15) is 0 Å². The summed E-state index contributed by atoms with van der Waals surface area (Å²) in [5.74, 6) is 1.61. The lowest BCUT2D eigenvalue weighted by atomic mass is 9.78. The molecule has 0 aromatic rings. The Morgan fingerprint density at radius 3 is 2.50 bits per heavy atom. The van der Waals surface area contributed by atoms with E-state index in [1.54, 1.807) is 0 Å². The summed E-state index contributed by atoms with van der Waals surface area (Å²) >= 11 is 0. The van der Waals surface area contributed by atoms with Crippen LogP contribution in [-0.2, 0) is 0 Å². The van der Waals surface area contributed by atoms with Crippen LogP contribution in [0.2, 0.25) is 0 Å². The van der Waals surface area contributed by atoms with Crippen LogP contribution in [0.3, 0.4) is 0 Å². The largest absolute Gasteiger partial charge is 0.280 e. The van der Waals surface area contributed by atoms with Crippen LogP contribution in [0.5, 0.6) is 0 Å². The maximum atomic E-state index is 7.55. The molecule has 0 atom stereocenters. The van der Waals surface area contributed by atoms with Gasteiger partial charge in [0.05, 0.1) is 0 Å². The van der Waals surface area contributed by atoms with Crippen molar-refractivity contribution in [3.8, 4) is 0 Å². The molecule has 1 aliphatic heterocycles. The lowest BCUT2D eigenvalue weighted by Crippen LogP contribution is -2.25. The van der Waals surface area contributed by atoms with E-state index in [2.05, 4.69) is 22.4 Å². The first kappa shape index (κ1) is 9.49. The molecule has 2 aliphatic rings. The third-order valence-corrected chi connectivity index (χ3v) is 3.35. The third-order valence-electron chi connectivity index (χ3n) is 3.35. The minimum absolute atomic E-state index is 0.282. The summed E-state index contributed by atoms with van der Waals surface area (Å²) in [6.07, 6.45) is 6.14. The zero-order valence-electron chi connectivity index (χ0n) is 8.53. The molecule has 4 nitrogen and oxygen atoms in total. The second kappa shape index (κ2) is 3.98. The second-order valence-electron chi connectivity index (χ2n) is 4.15. The average Bonchev–Trinajstić information content (AvgIpc) is 2.65. The zero-order valence-corrected chi connectivity index (χ0v) is 8.53. The van der Waals surface area contributed by atoms with Crippen molar-refractivity contribution in [3.63, 3.8) is 0 Å². The predicted octanol–water partition coefficient (Wildman–Crippen LogP) is 3.00. The van der Waals surface area contributed by atoms with Gasteiger partial charge in [0.1, 0.15) is 5.71 Å². The summed E-state index contributed by atoms with van der Waals surface area (Å²) in [4.78, 5) is 0. The molecule has 0 aromatic heterocycles. The Kier molecular flexibility index (Phi) is 2.70. The summed E-state index contributed by atoms with van der Waals surface area (Å²) in [7, 11) is 0. The summed E-state index contributed by atoms with van der Waals surface area (Å²) < 4.78 is 0. The lowest BCUT2D eigenvalue weighted by Gasteiger charge is -2.26. The molecule has 0 bridgehead atoms. The Morgan fingerprint density at radius 1 is 1.29 bits per heavy atom. The molecular formula is C10H16N4. The molecule has 0 saturated heterocycles. The molecule has 1 fully saturated rings. The fourth-order valence-electron chi connectivity index (χ4n) is 2.33. The van der Waals surface area contributed by atoms with Crippen molar-refractivity contribution in [2.75, 3.05) is 0 Å². The van der Waals surface area contributed by atoms with E-state index >= 15 is 0 Å². The first-order chi connectivity index (χ1) is 6.81. The smallest absolute Gasteiger partial charge is 0.192 e. The number of hydrogen-bond acceptors (Lipinski definition) is 3. The van der Waals surface area contributed by atoms with E-state index in [1.165, 1.54) is 19.3 Å². The van der Waals surface area contributed by atoms with Gasteiger partial charge in [0.15, 0.2) is 5.84 Å². The standard InChI is InChI=1S/C10H16N4/c1-2-7-3-5-8(6-4-7)9-10(11)13-14-12-9/h7-8,11H,2-6H2,1H3. The Labute approximate surface area is 84.0 Å². The molecule has 1 heterocycles. The fourth-order valence-corrected chi connectivity index (χ4v) is 2.33. The molecule has 76 valence electrons. The van der Waals surface area contributed by atoms with Gasteiger partial charge >= 0.3 is 0 Å². The van der Waals surface area contributed by atoms with Gasteiger partial charge in [-0.1, -0.05) is 13.3 Å². The molecule has 0 unspecified atom stereocenters. The number of rotatable bonds is 2. The molecule has 4 heteroatoms. The van der Waals surface area contributed by atoms with Crippen LogP contribution in [-0.4, -0.2) is 11.5 Å². The zero-order chi connectivity index (χ0) is 9.97. The summed E-state index contributed by atoms with van der Waals surface area (Å²) in [5.41, 5.74) is 0.819. The van der Waals surface area contributed by atoms with Gasteiger partial charge < -0.3 is 0 Å². The molecule has 0 spiro atoms. The van der Waals surface area contributed by atoms with Crippen molar-refractivity contribution >= 4 is 11.5 Å². The number of nitrogens with one attached hydrogen (secondary N) is 1. The molecule has 1 N–H and O–H groups in total. The normalized spacial score (nSPS) is 32.1. The summed E-state index contributed by atoms with van der Waals surface area (Å²) in [6, 6.07) is 0. The van der Waals surface area contributed by atoms with Crippen molar-refractivity contribution in [1.82, 2.24) is 0 Å². The van der Waals surface area contributed by atoms with Gasteiger partial charge in [-0.2, -0.15) is 0 Å². The van der Waals surface area contributed by atoms with E-state index in [-0.39, 0.29) is 5.84 Å². The van der Waals surface area contributed by atoms with Crippen molar-refractivity contribution in [2.45, 2.75) is 39.0 Å². The molecule has 1 saturated carbocycles. The first-order valence-corrected chi connectivity index (χ1v) is 5.38. The highest BCUT2D eigenvalue weighted by molar-refractivity contribution is 6.41. The molecule has 14 heavy (non-hydrogen) atoms. The van der Waals surface area contributed by atoms with Gasteiger partial charge in [0.25, 0.3) is 0 Å². The highest BCUT2D eigenvalue weighted by Crippen LogP contribution is 2.32. The van der Waals surface area contributed by atoms with Crippen molar-refractivity contribution < 1.29 is 0 Å². The minimum atomic E-state index is 0.282. The Morgan fingerprint density at radius 2 is 2.00 bits per heavy atom. The number of nitrogens with zero attached hydrogens (tertiary/aromatic N) is 3. The van der Waals surface area contributed by atoms with Gasteiger partial charge in [-0.3, -0.25) is 5.41 Å². The Hall–Kier alpha value is -1.06. The average molecular weight is 192 g/mol. The fraction of sp³-hybridized carbons (Fsp3) is 0.800. The predicted molar refractivity (Wildman–Crippen MR) is 55.8 cm³/mol. The molecule has 2 rings (SSSR count). The van der Waals surface area contributed by atoms with E-state index < -0.39 is 0 Å². The highest BCUT2D eigenvalue weighted by Gasteiger charge is 2.28. The van der Waals surface area contributed by atoms with E-state index in [0.717, 1.165) is 24.5 Å². The Balaban J connectivity index is 1.93. The monoisotopic (exact) mass is 192 g/mol. The van der Waals surface area contributed by atoms with Crippen LogP contribution >= 0.6 is 0 Å². The Bertz CT molecular complexity index is 284. The van der Waals surface area contributed by atoms with Gasteiger partial charge in [-0.15, -0.1) is 10.2 Å². The van der Waals surface area contributed by atoms with Crippen molar-refractivity contribution in [2.24, 2.45) is 27.3 Å². The molecule has 0 radical (unpaired) electrons. The number of amidine groups is 1. The quantitative estimate of drug-likeness (QED) is 0.699. The molecular weight excluding hydrogens is 176 g/mol. The van der Waals surface area contributed by atoms with Crippen LogP contribution in [0.25, 0.3) is 0 Å². The first-order valence-electron chi connectivity index (χ1n) is 5.38. The van der Waals surface area contributed by atoms with Gasteiger partial charge in [0.2, 0.25) is 0 Å². The SMILES string of the molecule is CCC1CCC(C2=NN=NC2=N)CC1.